The third-order valence-corrected chi connectivity index (χ3v) is 11.0. The number of phenols is 1. The number of benzene rings is 1. The molecule has 1 spiro atoms. The minimum Gasteiger partial charge on any atom is -0.508 e. The lowest BCUT2D eigenvalue weighted by Gasteiger charge is -2.44. The standard InChI is InChI=1S/C41H66N12O8/c1-5-25(4)32(35(57)50-30(37(59)60)22-24(2)3)51-34(56)31(23-26-12-14-27(54)15-13-26)52-20-8-16-41(38(52)61)17-9-21-53(41)36(58)29(11-7-19-48-40(45)46)49-33(55)28(42)10-6-18-47-39(43)44/h8,12-16,24-25,28-32,54H,5-7,9-11,17-23,42H2,1-4H3,(H,49,55)(H,50,57)(H,51,56)(H,59,60)(H4,43,44,47)(H4,45,46,48)/t25-,28-,29-,30-,31-,32-,41-/m0/s1. The third kappa shape index (κ3) is 14.1. The molecule has 61 heavy (non-hydrogen) atoms. The Morgan fingerprint density at radius 1 is 0.869 bits per heavy atom. The second kappa shape index (κ2) is 23.2. The van der Waals surface area contributed by atoms with E-state index >= 15 is 4.79 Å². The second-order valence-corrected chi connectivity index (χ2v) is 16.2. The summed E-state index contributed by atoms with van der Waals surface area (Å²) in [5, 5.41) is 28.0. The smallest absolute Gasteiger partial charge is 0.326 e. The van der Waals surface area contributed by atoms with Crippen molar-refractivity contribution < 1.29 is 39.0 Å². The van der Waals surface area contributed by atoms with Gasteiger partial charge < -0.3 is 64.6 Å². The number of likely N-dealkylation sites (tertiary alicyclic amines) is 1. The van der Waals surface area contributed by atoms with E-state index in [1.54, 1.807) is 31.2 Å². The van der Waals surface area contributed by atoms with E-state index in [2.05, 4.69) is 25.9 Å². The fourth-order valence-electron chi connectivity index (χ4n) is 7.56. The fraction of sp³-hybridized carbons (Fsp3) is 0.610. The fourth-order valence-corrected chi connectivity index (χ4v) is 7.56. The maximum absolute atomic E-state index is 15.0. The monoisotopic (exact) mass is 855 g/mol. The first kappa shape index (κ1) is 49.4. The Morgan fingerprint density at radius 3 is 2.05 bits per heavy atom. The Hall–Kier alpha value is -5.92. The van der Waals surface area contributed by atoms with Gasteiger partial charge in [-0.3, -0.25) is 34.0 Å². The number of nitrogens with two attached hydrogens (primary N) is 5. The van der Waals surface area contributed by atoms with Crippen LogP contribution < -0.4 is 44.6 Å². The van der Waals surface area contributed by atoms with Crippen LogP contribution in [0.2, 0.25) is 0 Å². The molecule has 7 atom stereocenters. The topological polar surface area (TPSA) is 340 Å². The van der Waals surface area contributed by atoms with Crippen LogP contribution in [0.5, 0.6) is 5.75 Å². The highest BCUT2D eigenvalue weighted by atomic mass is 16.4. The number of carbonyl (C=O) groups excluding carboxylic acids is 5. The number of hydrogen-bond donors (Lipinski definition) is 10. The van der Waals surface area contributed by atoms with Crippen LogP contribution >= 0.6 is 0 Å². The number of aliphatic carboxylic acids is 1. The molecule has 1 aromatic carbocycles. The summed E-state index contributed by atoms with van der Waals surface area (Å²) < 4.78 is 0. The number of nitrogens with one attached hydrogen (secondary N) is 3. The Balaban J connectivity index is 1.98. The zero-order valence-corrected chi connectivity index (χ0v) is 35.7. The van der Waals surface area contributed by atoms with Crippen molar-refractivity contribution >= 4 is 47.4 Å². The van der Waals surface area contributed by atoms with Crippen molar-refractivity contribution in [2.75, 3.05) is 26.2 Å². The second-order valence-electron chi connectivity index (χ2n) is 16.2. The van der Waals surface area contributed by atoms with Gasteiger partial charge in [0.25, 0.3) is 5.91 Å². The van der Waals surface area contributed by atoms with Gasteiger partial charge in [-0.25, -0.2) is 4.79 Å². The molecule has 0 radical (unpaired) electrons. The van der Waals surface area contributed by atoms with Crippen molar-refractivity contribution in [2.24, 2.45) is 50.5 Å². The predicted molar refractivity (Wildman–Crippen MR) is 230 cm³/mol. The quantitative estimate of drug-likeness (QED) is 0.0277. The lowest BCUT2D eigenvalue weighted by Crippen LogP contribution is -2.66. The highest BCUT2D eigenvalue weighted by molar-refractivity contribution is 6.00. The van der Waals surface area contributed by atoms with Crippen LogP contribution in [-0.2, 0) is 35.2 Å². The average molecular weight is 855 g/mol. The summed E-state index contributed by atoms with van der Waals surface area (Å²) in [4.78, 5) is 94.0. The van der Waals surface area contributed by atoms with Crippen LogP contribution in [0.3, 0.4) is 0 Å². The molecule has 0 bridgehead atoms. The third-order valence-electron chi connectivity index (χ3n) is 11.0. The minimum atomic E-state index is -1.52. The molecule has 2 aliphatic rings. The number of nitrogens with zero attached hydrogens (tertiary/aromatic N) is 4. The van der Waals surface area contributed by atoms with E-state index in [0.29, 0.717) is 31.2 Å². The van der Waals surface area contributed by atoms with Gasteiger partial charge in [0.15, 0.2) is 11.9 Å². The lowest BCUT2D eigenvalue weighted by atomic mass is 9.88. The number of carboxylic acid groups (broad SMARTS) is 1. The van der Waals surface area contributed by atoms with E-state index < -0.39 is 77.2 Å². The van der Waals surface area contributed by atoms with Gasteiger partial charge in [0, 0.05) is 32.6 Å². The molecule has 1 fully saturated rings. The largest absolute Gasteiger partial charge is 0.508 e. The number of rotatable bonds is 23. The molecule has 1 aromatic rings. The highest BCUT2D eigenvalue weighted by Crippen LogP contribution is 2.37. The zero-order valence-electron chi connectivity index (χ0n) is 35.7. The molecular formula is C41H66N12O8. The Morgan fingerprint density at radius 2 is 1.48 bits per heavy atom. The van der Waals surface area contributed by atoms with Crippen molar-refractivity contribution in [2.45, 2.75) is 121 Å². The van der Waals surface area contributed by atoms with E-state index in [-0.39, 0.29) is 81.9 Å². The SMILES string of the molecule is CC[C@H](C)[C@H](NC(=O)[C@H](Cc1ccc(O)cc1)N1CC=C[C@]2(CCCN2C(=O)[C@H](CCCN=C(N)N)NC(=O)[C@@H](N)CCCN=C(N)N)C1=O)C(=O)N[C@@H](CC(C)C)C(=O)O. The normalized spacial score (nSPS) is 19.0. The van der Waals surface area contributed by atoms with E-state index in [4.69, 9.17) is 28.7 Å². The highest BCUT2D eigenvalue weighted by Gasteiger charge is 2.53. The lowest BCUT2D eigenvalue weighted by molar-refractivity contribution is -0.154. The summed E-state index contributed by atoms with van der Waals surface area (Å²) in [6.07, 6.45) is 5.68. The average Bonchev–Trinajstić information content (AvgIpc) is 3.63. The molecule has 0 saturated carbocycles. The van der Waals surface area contributed by atoms with Crippen LogP contribution in [0.15, 0.2) is 46.4 Å². The number of aliphatic imine (C=N–C) groups is 2. The Labute approximate surface area is 357 Å². The van der Waals surface area contributed by atoms with Crippen LogP contribution in [-0.4, -0.2) is 129 Å². The maximum Gasteiger partial charge on any atom is 0.326 e. The van der Waals surface area contributed by atoms with Gasteiger partial charge in [-0.05, 0) is 74.5 Å². The van der Waals surface area contributed by atoms with Crippen molar-refractivity contribution in [1.82, 2.24) is 25.8 Å². The maximum atomic E-state index is 15.0. The molecule has 1 saturated heterocycles. The molecule has 0 aliphatic carbocycles. The molecule has 338 valence electrons. The number of aromatic hydroxyl groups is 1. The Bertz CT molecular complexity index is 1780. The molecule has 5 amide bonds. The molecule has 0 aromatic heterocycles. The summed E-state index contributed by atoms with van der Waals surface area (Å²) >= 11 is 0. The van der Waals surface area contributed by atoms with Crippen LogP contribution in [0, 0.1) is 11.8 Å². The van der Waals surface area contributed by atoms with Gasteiger partial charge in [0.05, 0.1) is 6.04 Å². The van der Waals surface area contributed by atoms with E-state index in [0.717, 1.165) is 0 Å². The first-order chi connectivity index (χ1) is 28.8. The zero-order chi connectivity index (χ0) is 45.4. The molecule has 0 unspecified atom stereocenters. The van der Waals surface area contributed by atoms with Crippen LogP contribution in [0.25, 0.3) is 0 Å². The van der Waals surface area contributed by atoms with E-state index in [9.17, 15) is 34.2 Å². The van der Waals surface area contributed by atoms with Gasteiger partial charge in [-0.15, -0.1) is 0 Å². The van der Waals surface area contributed by atoms with Crippen LogP contribution in [0.4, 0.5) is 0 Å². The number of hydrogen-bond acceptors (Lipinski definition) is 10. The first-order valence-corrected chi connectivity index (χ1v) is 20.9. The molecule has 15 N–H and O–H groups in total. The first-order valence-electron chi connectivity index (χ1n) is 20.9. The van der Waals surface area contributed by atoms with Crippen molar-refractivity contribution in [3.8, 4) is 5.75 Å². The molecule has 2 heterocycles. The molecule has 2 aliphatic heterocycles. The van der Waals surface area contributed by atoms with Gasteiger partial charge >= 0.3 is 5.97 Å². The summed E-state index contributed by atoms with van der Waals surface area (Å²) in [7, 11) is 0. The molecule has 3 rings (SSSR count). The predicted octanol–water partition coefficient (Wildman–Crippen LogP) is -0.871. The number of phenolic OH excluding ortho intramolecular Hbond substituents is 1. The summed E-state index contributed by atoms with van der Waals surface area (Å²) in [5.74, 6) is -4.90. The van der Waals surface area contributed by atoms with E-state index in [1.807, 2.05) is 20.8 Å². The number of guanidine groups is 2. The summed E-state index contributed by atoms with van der Waals surface area (Å²) in [6, 6.07) is 0.478. The number of carboxylic acids is 1. The molecule has 20 heteroatoms. The van der Waals surface area contributed by atoms with Gasteiger partial charge in [-0.1, -0.05) is 58.4 Å². The summed E-state index contributed by atoms with van der Waals surface area (Å²) in [5.41, 5.74) is 27.1. The van der Waals surface area contributed by atoms with Gasteiger partial charge in [-0.2, -0.15) is 0 Å². The van der Waals surface area contributed by atoms with Crippen LogP contribution in [0.1, 0.15) is 84.6 Å². The number of carbonyl (C=O) groups is 6. The molecular weight excluding hydrogens is 789 g/mol. The number of amides is 5. The van der Waals surface area contributed by atoms with E-state index in [1.165, 1.54) is 21.9 Å². The van der Waals surface area contributed by atoms with Crippen molar-refractivity contribution in [1.29, 1.82) is 0 Å². The van der Waals surface area contributed by atoms with Gasteiger partial charge in [0.2, 0.25) is 23.6 Å². The van der Waals surface area contributed by atoms with Gasteiger partial charge in [0.1, 0.15) is 35.5 Å². The van der Waals surface area contributed by atoms with Crippen molar-refractivity contribution in [3.05, 3.63) is 42.0 Å². The summed E-state index contributed by atoms with van der Waals surface area (Å²) in [6.45, 7) is 7.84. The molecule has 20 nitrogen and oxygen atoms in total. The minimum absolute atomic E-state index is 0.00414. The van der Waals surface area contributed by atoms with Crippen molar-refractivity contribution in [3.63, 3.8) is 0 Å². The Kier molecular flexibility index (Phi) is 18.8.